The van der Waals surface area contributed by atoms with E-state index in [4.69, 9.17) is 4.74 Å². The molecule has 0 aliphatic carbocycles. The van der Waals surface area contributed by atoms with E-state index in [9.17, 15) is 19.5 Å². The number of fused-ring (bicyclic) bond motifs is 1. The van der Waals surface area contributed by atoms with E-state index in [0.29, 0.717) is 10.6 Å². The van der Waals surface area contributed by atoms with Crippen LogP contribution >= 0.6 is 0 Å². The van der Waals surface area contributed by atoms with Gasteiger partial charge in [-0.15, -0.1) is 0 Å². The van der Waals surface area contributed by atoms with Gasteiger partial charge in [-0.1, -0.05) is 43.0 Å². The van der Waals surface area contributed by atoms with E-state index >= 15 is 0 Å². The monoisotopic (exact) mass is 408 g/mol. The molecule has 1 heterocycles. The minimum absolute atomic E-state index is 0.000542. The van der Waals surface area contributed by atoms with Crippen LogP contribution in [0.1, 0.15) is 43.1 Å². The Labute approximate surface area is 175 Å². The topological polar surface area (TPSA) is 95.9 Å². The number of carbonyl (C=O) groups is 3. The van der Waals surface area contributed by atoms with Gasteiger partial charge in [-0.3, -0.25) is 9.59 Å². The van der Waals surface area contributed by atoms with Crippen LogP contribution in [-0.4, -0.2) is 33.5 Å². The van der Waals surface area contributed by atoms with Crippen molar-refractivity contribution in [3.63, 3.8) is 0 Å². The van der Waals surface area contributed by atoms with Crippen molar-refractivity contribution < 1.29 is 24.2 Å². The number of hydrogen-bond donors (Lipinski definition) is 2. The van der Waals surface area contributed by atoms with E-state index in [0.717, 1.165) is 0 Å². The summed E-state index contributed by atoms with van der Waals surface area (Å²) < 4.78 is 5.33. The smallest absolute Gasteiger partial charge is 0.420 e. The quantitative estimate of drug-likeness (QED) is 0.750. The molecule has 2 N–H and O–H groups in total. The second-order valence-corrected chi connectivity index (χ2v) is 8.08. The van der Waals surface area contributed by atoms with Gasteiger partial charge in [-0.2, -0.15) is 0 Å². The van der Waals surface area contributed by atoms with Gasteiger partial charge in [-0.25, -0.2) is 9.69 Å². The van der Waals surface area contributed by atoms with Crippen molar-refractivity contribution in [3.05, 3.63) is 77.9 Å². The molecule has 7 heteroatoms. The predicted molar refractivity (Wildman–Crippen MR) is 112 cm³/mol. The molecule has 3 amide bonds. The summed E-state index contributed by atoms with van der Waals surface area (Å²) in [5.74, 6) is -1.23. The maximum absolute atomic E-state index is 12.9. The molecule has 0 bridgehead atoms. The van der Waals surface area contributed by atoms with Gasteiger partial charge < -0.3 is 15.2 Å². The van der Waals surface area contributed by atoms with E-state index in [1.54, 1.807) is 63.2 Å². The summed E-state index contributed by atoms with van der Waals surface area (Å²) in [7, 11) is 0. The van der Waals surface area contributed by atoms with Crippen molar-refractivity contribution in [2.75, 3.05) is 5.32 Å². The van der Waals surface area contributed by atoms with Gasteiger partial charge in [0.15, 0.2) is 5.72 Å². The lowest BCUT2D eigenvalue weighted by Gasteiger charge is -2.34. The van der Waals surface area contributed by atoms with Crippen molar-refractivity contribution in [3.8, 4) is 0 Å². The molecule has 1 unspecified atom stereocenters. The minimum atomic E-state index is -2.10. The minimum Gasteiger partial charge on any atom is -0.443 e. The molecule has 30 heavy (non-hydrogen) atoms. The standard InChI is InChI=1S/C23H24N2O5/c1-15(19(26)24-16-10-6-5-7-11-16)14-23(29)18-13-9-8-12-17(18)20(27)25(23)21(28)30-22(2,3)4/h5-13,29H,1,14H2,2-4H3,(H,24,26). The fourth-order valence-corrected chi connectivity index (χ4v) is 3.26. The number of amides is 3. The summed E-state index contributed by atoms with van der Waals surface area (Å²) in [6, 6.07) is 15.1. The molecule has 0 saturated heterocycles. The number of benzene rings is 2. The lowest BCUT2D eigenvalue weighted by Crippen LogP contribution is -2.50. The van der Waals surface area contributed by atoms with Crippen molar-refractivity contribution in [1.29, 1.82) is 0 Å². The van der Waals surface area contributed by atoms with Crippen LogP contribution in [-0.2, 0) is 15.3 Å². The zero-order valence-electron chi connectivity index (χ0n) is 17.1. The number of imide groups is 1. The third kappa shape index (κ3) is 4.11. The van der Waals surface area contributed by atoms with Crippen LogP contribution in [0.15, 0.2) is 66.7 Å². The van der Waals surface area contributed by atoms with Crippen LogP contribution in [0.5, 0.6) is 0 Å². The Morgan fingerprint density at radius 3 is 2.33 bits per heavy atom. The average molecular weight is 408 g/mol. The summed E-state index contributed by atoms with van der Waals surface area (Å²) in [4.78, 5) is 39.0. The summed E-state index contributed by atoms with van der Waals surface area (Å²) in [5.41, 5.74) is -2.03. The van der Waals surface area contributed by atoms with Crippen LogP contribution < -0.4 is 5.32 Å². The molecule has 1 atom stereocenters. The highest BCUT2D eigenvalue weighted by atomic mass is 16.6. The number of rotatable bonds is 4. The zero-order valence-corrected chi connectivity index (χ0v) is 17.1. The van der Waals surface area contributed by atoms with Crippen molar-refractivity contribution in [1.82, 2.24) is 4.90 Å². The van der Waals surface area contributed by atoms with Crippen LogP contribution in [0.4, 0.5) is 10.5 Å². The number of nitrogens with one attached hydrogen (secondary N) is 1. The van der Waals surface area contributed by atoms with Gasteiger partial charge in [-0.05, 0) is 39.0 Å². The van der Waals surface area contributed by atoms with Gasteiger partial charge >= 0.3 is 6.09 Å². The predicted octanol–water partition coefficient (Wildman–Crippen LogP) is 3.81. The first kappa shape index (κ1) is 21.3. The normalized spacial score (nSPS) is 18.0. The third-order valence-electron chi connectivity index (χ3n) is 4.55. The molecule has 7 nitrogen and oxygen atoms in total. The Morgan fingerprint density at radius 2 is 1.70 bits per heavy atom. The summed E-state index contributed by atoms with van der Waals surface area (Å²) >= 11 is 0. The molecule has 0 aromatic heterocycles. The van der Waals surface area contributed by atoms with Gasteiger partial charge in [0.2, 0.25) is 0 Å². The second kappa shape index (κ2) is 7.76. The molecular formula is C23H24N2O5. The molecule has 156 valence electrons. The maximum Gasteiger partial charge on any atom is 0.420 e. The average Bonchev–Trinajstić information content (AvgIpc) is 2.88. The zero-order chi connectivity index (χ0) is 22.1. The Kier molecular flexibility index (Phi) is 5.50. The molecule has 1 aliphatic rings. The van der Waals surface area contributed by atoms with E-state index in [1.165, 1.54) is 6.07 Å². The lowest BCUT2D eigenvalue weighted by atomic mass is 9.94. The Morgan fingerprint density at radius 1 is 1.10 bits per heavy atom. The lowest BCUT2D eigenvalue weighted by molar-refractivity contribution is -0.116. The molecule has 0 fully saturated rings. The highest BCUT2D eigenvalue weighted by Gasteiger charge is 2.53. The van der Waals surface area contributed by atoms with E-state index in [1.807, 2.05) is 6.07 Å². The van der Waals surface area contributed by atoms with E-state index in [-0.39, 0.29) is 23.1 Å². The van der Waals surface area contributed by atoms with Gasteiger partial charge in [0.05, 0.1) is 0 Å². The number of carbonyl (C=O) groups excluding carboxylic acids is 3. The molecule has 2 aromatic carbocycles. The number of nitrogens with zero attached hydrogens (tertiary/aromatic N) is 1. The maximum atomic E-state index is 12.9. The second-order valence-electron chi connectivity index (χ2n) is 8.08. The van der Waals surface area contributed by atoms with Crippen LogP contribution in [0.2, 0.25) is 0 Å². The fourth-order valence-electron chi connectivity index (χ4n) is 3.26. The SMILES string of the molecule is C=C(CC1(O)c2ccccc2C(=O)N1C(=O)OC(C)(C)C)C(=O)Nc1ccccc1. The van der Waals surface area contributed by atoms with Crippen LogP contribution in [0, 0.1) is 0 Å². The first-order chi connectivity index (χ1) is 14.0. The number of anilines is 1. The molecule has 0 spiro atoms. The van der Waals surface area contributed by atoms with E-state index < -0.39 is 29.2 Å². The van der Waals surface area contributed by atoms with Crippen molar-refractivity contribution in [2.24, 2.45) is 0 Å². The van der Waals surface area contributed by atoms with Gasteiger partial charge in [0.1, 0.15) is 5.60 Å². The number of ether oxygens (including phenoxy) is 1. The molecular weight excluding hydrogens is 384 g/mol. The molecule has 0 saturated carbocycles. The van der Waals surface area contributed by atoms with E-state index in [2.05, 4.69) is 11.9 Å². The largest absolute Gasteiger partial charge is 0.443 e. The Bertz CT molecular complexity index is 1010. The molecule has 1 aliphatic heterocycles. The van der Waals surface area contributed by atoms with Crippen LogP contribution in [0.25, 0.3) is 0 Å². The number of aliphatic hydroxyl groups is 1. The molecule has 0 radical (unpaired) electrons. The first-order valence-electron chi connectivity index (χ1n) is 9.46. The molecule has 2 aromatic rings. The first-order valence-corrected chi connectivity index (χ1v) is 9.46. The number of para-hydroxylation sites is 1. The fraction of sp³-hybridized carbons (Fsp3) is 0.261. The summed E-state index contributed by atoms with van der Waals surface area (Å²) in [6.07, 6.45) is -1.37. The van der Waals surface area contributed by atoms with Gasteiger partial charge in [0.25, 0.3) is 11.8 Å². The number of hydrogen-bond acceptors (Lipinski definition) is 5. The highest BCUT2D eigenvalue weighted by Crippen LogP contribution is 2.42. The van der Waals surface area contributed by atoms with Gasteiger partial charge in [0, 0.05) is 28.8 Å². The van der Waals surface area contributed by atoms with Crippen LogP contribution in [0.3, 0.4) is 0 Å². The Balaban J connectivity index is 1.91. The summed E-state index contributed by atoms with van der Waals surface area (Å²) in [6.45, 7) is 8.73. The van der Waals surface area contributed by atoms with Crippen molar-refractivity contribution >= 4 is 23.6 Å². The molecule has 3 rings (SSSR count). The third-order valence-corrected chi connectivity index (χ3v) is 4.55. The summed E-state index contributed by atoms with van der Waals surface area (Å²) in [5, 5.41) is 14.2. The highest BCUT2D eigenvalue weighted by molar-refractivity contribution is 6.08. The van der Waals surface area contributed by atoms with Crippen molar-refractivity contribution in [2.45, 2.75) is 38.5 Å². The Hall–Kier alpha value is -3.45.